The Bertz CT molecular complexity index is 1160. The second-order valence-electron chi connectivity index (χ2n) is 11.5. The normalized spacial score (nSPS) is 22.4. The van der Waals surface area contributed by atoms with Gasteiger partial charge < -0.3 is 29.5 Å². The minimum Gasteiger partial charge on any atom is -0.497 e. The van der Waals surface area contributed by atoms with E-state index in [1.165, 1.54) is 0 Å². The summed E-state index contributed by atoms with van der Waals surface area (Å²) in [5.41, 5.74) is 0.305. The summed E-state index contributed by atoms with van der Waals surface area (Å²) in [5, 5.41) is 14.1. The van der Waals surface area contributed by atoms with Crippen LogP contribution in [0.5, 0.6) is 17.2 Å². The van der Waals surface area contributed by atoms with Crippen LogP contribution in [-0.4, -0.2) is 84.4 Å². The molecule has 9 nitrogen and oxygen atoms in total. The lowest BCUT2D eigenvalue weighted by molar-refractivity contribution is -0.166. The third-order valence-corrected chi connectivity index (χ3v) is 8.89. The first-order valence-electron chi connectivity index (χ1n) is 14.9. The number of nitrogens with zero attached hydrogens (tertiary/aromatic N) is 2. The van der Waals surface area contributed by atoms with Crippen LogP contribution in [0.3, 0.4) is 0 Å². The number of hydrogen-bond donors (Lipinski definition) is 2. The molecule has 0 bridgehead atoms. The van der Waals surface area contributed by atoms with E-state index >= 15 is 0 Å². The molecular formula is C32H43N3O6. The minimum absolute atomic E-state index is 0.0464. The molecule has 0 unspecified atom stereocenters. The van der Waals surface area contributed by atoms with Crippen molar-refractivity contribution in [2.45, 2.75) is 69.7 Å². The van der Waals surface area contributed by atoms with Gasteiger partial charge in [-0.25, -0.2) is 0 Å². The van der Waals surface area contributed by atoms with Crippen molar-refractivity contribution in [2.24, 2.45) is 5.92 Å². The van der Waals surface area contributed by atoms with Crippen LogP contribution in [0.25, 0.3) is 0 Å². The van der Waals surface area contributed by atoms with E-state index in [0.717, 1.165) is 42.2 Å². The van der Waals surface area contributed by atoms with Gasteiger partial charge in [-0.15, -0.1) is 0 Å². The van der Waals surface area contributed by atoms with Crippen LogP contribution in [0.2, 0.25) is 0 Å². The lowest BCUT2D eigenvalue weighted by atomic mass is 9.79. The van der Waals surface area contributed by atoms with E-state index in [2.05, 4.69) is 29.3 Å². The van der Waals surface area contributed by atoms with Crippen LogP contribution in [0.1, 0.15) is 51.0 Å². The summed E-state index contributed by atoms with van der Waals surface area (Å²) in [6.45, 7) is 5.96. The number of likely N-dealkylation sites (tertiary alicyclic amines) is 1. The number of methoxy groups -OCH3 is 1. The molecule has 3 aliphatic heterocycles. The lowest BCUT2D eigenvalue weighted by Gasteiger charge is -2.52. The van der Waals surface area contributed by atoms with Crippen LogP contribution in [0.15, 0.2) is 48.5 Å². The average Bonchev–Trinajstić information content (AvgIpc) is 3.01. The molecule has 2 N–H and O–H groups in total. The van der Waals surface area contributed by atoms with Crippen LogP contribution < -0.4 is 14.8 Å². The minimum atomic E-state index is -0.895. The van der Waals surface area contributed by atoms with E-state index < -0.39 is 17.7 Å². The molecule has 2 amide bonds. The van der Waals surface area contributed by atoms with Crippen LogP contribution in [-0.2, 0) is 20.9 Å². The molecule has 0 aromatic heterocycles. The van der Waals surface area contributed by atoms with Gasteiger partial charge in [0.15, 0.2) is 0 Å². The highest BCUT2D eigenvalue weighted by molar-refractivity contribution is 6.00. The van der Waals surface area contributed by atoms with Crippen LogP contribution in [0.4, 0.5) is 0 Å². The number of rotatable bonds is 10. The van der Waals surface area contributed by atoms with E-state index in [4.69, 9.17) is 14.2 Å². The topological polar surface area (TPSA) is 101 Å². The fourth-order valence-electron chi connectivity index (χ4n) is 6.32. The van der Waals surface area contributed by atoms with Gasteiger partial charge in [0, 0.05) is 39.4 Å². The van der Waals surface area contributed by atoms with E-state index in [1.807, 2.05) is 41.3 Å². The lowest BCUT2D eigenvalue weighted by Crippen LogP contribution is -2.75. The number of ether oxygens (including phenoxy) is 3. The number of aliphatic hydroxyl groups is 1. The number of benzene rings is 2. The maximum absolute atomic E-state index is 13.8. The van der Waals surface area contributed by atoms with Gasteiger partial charge in [0.1, 0.15) is 28.8 Å². The van der Waals surface area contributed by atoms with Crippen molar-refractivity contribution in [3.63, 3.8) is 0 Å². The van der Waals surface area contributed by atoms with Crippen molar-refractivity contribution in [1.29, 1.82) is 0 Å². The SMILES string of the molecule is CCCCN1C(=O)[C@@H]([C@H](O)C2CCOCC2)NC(=O)C12CCN(Cc1ccc(Oc3ccc(OC)cc3)cc1)CC2. The Morgan fingerprint density at radius 2 is 1.61 bits per heavy atom. The molecule has 2 atom stereocenters. The Labute approximate surface area is 242 Å². The predicted octanol–water partition coefficient (Wildman–Crippen LogP) is 3.74. The Balaban J connectivity index is 1.20. The van der Waals surface area contributed by atoms with Crippen molar-refractivity contribution in [1.82, 2.24) is 15.1 Å². The van der Waals surface area contributed by atoms with E-state index in [-0.39, 0.29) is 17.7 Å². The molecule has 0 aliphatic carbocycles. The van der Waals surface area contributed by atoms with Gasteiger partial charge in [-0.3, -0.25) is 14.5 Å². The number of aliphatic hydroxyl groups excluding tert-OH is 1. The fourth-order valence-corrected chi connectivity index (χ4v) is 6.32. The van der Waals surface area contributed by atoms with Crippen molar-refractivity contribution in [3.8, 4) is 17.2 Å². The Hall–Kier alpha value is -3.14. The second-order valence-corrected chi connectivity index (χ2v) is 11.5. The largest absolute Gasteiger partial charge is 0.497 e. The zero-order chi connectivity index (χ0) is 28.8. The van der Waals surface area contributed by atoms with Crippen molar-refractivity contribution >= 4 is 11.8 Å². The van der Waals surface area contributed by atoms with Gasteiger partial charge in [0.25, 0.3) is 0 Å². The predicted molar refractivity (Wildman–Crippen MR) is 155 cm³/mol. The molecule has 1 spiro atoms. The van der Waals surface area contributed by atoms with Crippen molar-refractivity contribution < 1.29 is 28.9 Å². The van der Waals surface area contributed by atoms with Gasteiger partial charge >= 0.3 is 0 Å². The molecule has 222 valence electrons. The third kappa shape index (κ3) is 6.52. The molecular weight excluding hydrogens is 522 g/mol. The van der Waals surface area contributed by atoms with E-state index in [0.29, 0.717) is 58.5 Å². The number of hydrogen-bond acceptors (Lipinski definition) is 7. The van der Waals surface area contributed by atoms with Gasteiger partial charge in [-0.2, -0.15) is 0 Å². The summed E-state index contributed by atoms with van der Waals surface area (Å²) < 4.78 is 16.6. The Kier molecular flexibility index (Phi) is 9.47. The fraction of sp³-hybridized carbons (Fsp3) is 0.562. The maximum Gasteiger partial charge on any atom is 0.248 e. The van der Waals surface area contributed by atoms with Crippen molar-refractivity contribution in [3.05, 3.63) is 54.1 Å². The highest BCUT2D eigenvalue weighted by Gasteiger charge is 2.55. The molecule has 3 aliphatic rings. The number of nitrogens with one attached hydrogen (secondary N) is 1. The second kappa shape index (κ2) is 13.2. The molecule has 5 rings (SSSR count). The zero-order valence-electron chi connectivity index (χ0n) is 24.2. The molecule has 2 aromatic rings. The summed E-state index contributed by atoms with van der Waals surface area (Å²) in [6.07, 6.45) is 3.41. The monoisotopic (exact) mass is 565 g/mol. The number of piperazine rings is 1. The number of amides is 2. The summed E-state index contributed by atoms with van der Waals surface area (Å²) >= 11 is 0. The third-order valence-electron chi connectivity index (χ3n) is 8.89. The van der Waals surface area contributed by atoms with Gasteiger partial charge in [0.05, 0.1) is 13.2 Å². The molecule has 3 fully saturated rings. The van der Waals surface area contributed by atoms with E-state index in [9.17, 15) is 14.7 Å². The number of carbonyl (C=O) groups is 2. The van der Waals surface area contributed by atoms with Gasteiger partial charge in [0.2, 0.25) is 11.8 Å². The summed E-state index contributed by atoms with van der Waals surface area (Å²) in [5.74, 6) is 1.98. The smallest absolute Gasteiger partial charge is 0.248 e. The highest BCUT2D eigenvalue weighted by Crippen LogP contribution is 2.36. The number of unbranched alkanes of at least 4 members (excludes halogenated alkanes) is 1. The summed E-state index contributed by atoms with van der Waals surface area (Å²) in [6, 6.07) is 14.7. The first kappa shape index (κ1) is 29.4. The molecule has 0 radical (unpaired) electrons. The van der Waals surface area contributed by atoms with Gasteiger partial charge in [-0.05, 0) is 80.0 Å². The van der Waals surface area contributed by atoms with E-state index in [1.54, 1.807) is 7.11 Å². The molecule has 3 saturated heterocycles. The van der Waals surface area contributed by atoms with Crippen LogP contribution >= 0.6 is 0 Å². The van der Waals surface area contributed by atoms with Crippen LogP contribution in [0, 0.1) is 5.92 Å². The molecule has 9 heteroatoms. The number of carbonyl (C=O) groups excluding carboxylic acids is 2. The molecule has 2 aromatic carbocycles. The zero-order valence-corrected chi connectivity index (χ0v) is 24.2. The summed E-state index contributed by atoms with van der Waals surface area (Å²) in [7, 11) is 1.64. The highest BCUT2D eigenvalue weighted by atomic mass is 16.5. The quantitative estimate of drug-likeness (QED) is 0.453. The maximum atomic E-state index is 13.8. The Morgan fingerprint density at radius 3 is 2.22 bits per heavy atom. The van der Waals surface area contributed by atoms with Gasteiger partial charge in [-0.1, -0.05) is 25.5 Å². The summed E-state index contributed by atoms with van der Waals surface area (Å²) in [4.78, 5) is 31.6. The standard InChI is InChI=1S/C32H43N3O6/c1-3-4-17-35-30(37)28(29(36)24-13-20-40-21-14-24)33-31(38)32(35)15-18-34(19-16-32)22-23-5-7-26(8-6-23)41-27-11-9-25(39-2)10-12-27/h5-12,24,28-29,36H,3-4,13-22H2,1-2H3,(H,33,38)/t28-,29-/m1/s1. The molecule has 3 heterocycles. The first-order chi connectivity index (χ1) is 19.9. The number of piperidine rings is 1. The first-order valence-corrected chi connectivity index (χ1v) is 14.9. The molecule has 41 heavy (non-hydrogen) atoms. The molecule has 0 saturated carbocycles. The Morgan fingerprint density at radius 1 is 1.00 bits per heavy atom. The average molecular weight is 566 g/mol. The van der Waals surface area contributed by atoms with Crippen molar-refractivity contribution in [2.75, 3.05) is 40.0 Å².